The second kappa shape index (κ2) is 6.55. The Bertz CT molecular complexity index is 373. The third kappa shape index (κ3) is 3.57. The zero-order chi connectivity index (χ0) is 12.8. The summed E-state index contributed by atoms with van der Waals surface area (Å²) in [6, 6.07) is 10.3. The van der Waals surface area contributed by atoms with Crippen molar-refractivity contribution in [3.63, 3.8) is 0 Å². The van der Waals surface area contributed by atoms with Gasteiger partial charge in [0, 0.05) is 0 Å². The summed E-state index contributed by atoms with van der Waals surface area (Å²) in [6.07, 6.45) is 1.86. The molecule has 1 aliphatic heterocycles. The van der Waals surface area contributed by atoms with Crippen molar-refractivity contribution in [2.45, 2.75) is 19.8 Å². The Morgan fingerprint density at radius 2 is 2.11 bits per heavy atom. The Labute approximate surface area is 109 Å². The van der Waals surface area contributed by atoms with Gasteiger partial charge < -0.3 is 10.1 Å². The molecule has 1 unspecified atom stereocenters. The van der Waals surface area contributed by atoms with Crippen molar-refractivity contribution in [3.8, 4) is 0 Å². The van der Waals surface area contributed by atoms with Gasteiger partial charge in [-0.3, -0.25) is 4.79 Å². The zero-order valence-corrected chi connectivity index (χ0v) is 10.9. The van der Waals surface area contributed by atoms with Gasteiger partial charge in [-0.05, 0) is 37.4 Å². The molecule has 1 fully saturated rings. The van der Waals surface area contributed by atoms with E-state index in [-0.39, 0.29) is 11.9 Å². The van der Waals surface area contributed by atoms with E-state index in [2.05, 4.69) is 17.4 Å². The van der Waals surface area contributed by atoms with Gasteiger partial charge in [0.2, 0.25) is 0 Å². The molecule has 1 aromatic carbocycles. The minimum absolute atomic E-state index is 0.0305. The first-order chi connectivity index (χ1) is 8.77. The first-order valence-corrected chi connectivity index (χ1v) is 6.68. The maximum atomic E-state index is 11.7. The zero-order valence-electron chi connectivity index (χ0n) is 10.9. The van der Waals surface area contributed by atoms with Crippen LogP contribution in [0, 0.1) is 11.8 Å². The van der Waals surface area contributed by atoms with Crippen LogP contribution in [0.15, 0.2) is 30.3 Å². The van der Waals surface area contributed by atoms with Crippen LogP contribution in [0.5, 0.6) is 0 Å². The van der Waals surface area contributed by atoms with Crippen LogP contribution >= 0.6 is 0 Å². The number of ether oxygens (including phenoxy) is 1. The van der Waals surface area contributed by atoms with E-state index in [9.17, 15) is 4.79 Å². The highest BCUT2D eigenvalue weighted by atomic mass is 16.5. The van der Waals surface area contributed by atoms with E-state index in [0.29, 0.717) is 12.5 Å². The number of carbonyl (C=O) groups excluding carboxylic acids is 1. The Morgan fingerprint density at radius 3 is 2.72 bits per heavy atom. The van der Waals surface area contributed by atoms with E-state index in [1.807, 2.05) is 25.1 Å². The van der Waals surface area contributed by atoms with Crippen molar-refractivity contribution in [2.75, 3.05) is 19.7 Å². The summed E-state index contributed by atoms with van der Waals surface area (Å²) in [5.41, 5.74) is 1.30. The van der Waals surface area contributed by atoms with Crippen LogP contribution in [0.25, 0.3) is 0 Å². The fourth-order valence-electron chi connectivity index (χ4n) is 2.08. The fraction of sp³-hybridized carbons (Fsp3) is 0.533. The number of hydrogen-bond acceptors (Lipinski definition) is 3. The van der Waals surface area contributed by atoms with Crippen LogP contribution in [0.1, 0.15) is 18.9 Å². The molecule has 0 spiro atoms. The highest BCUT2D eigenvalue weighted by Crippen LogP contribution is 2.17. The maximum Gasteiger partial charge on any atom is 0.309 e. The van der Waals surface area contributed by atoms with Crippen molar-refractivity contribution in [1.82, 2.24) is 5.32 Å². The molecule has 18 heavy (non-hydrogen) atoms. The largest absolute Gasteiger partial charge is 0.465 e. The summed E-state index contributed by atoms with van der Waals surface area (Å²) in [6.45, 7) is 4.38. The average molecular weight is 247 g/mol. The van der Waals surface area contributed by atoms with Crippen molar-refractivity contribution in [2.24, 2.45) is 11.8 Å². The standard InChI is InChI=1S/C15H21NO2/c1-12(14-10-16-11-14)15(17)18-9-5-8-13-6-3-2-4-7-13/h2-4,6-7,12,14,16H,5,8-11H2,1H3. The van der Waals surface area contributed by atoms with Crippen molar-refractivity contribution in [1.29, 1.82) is 0 Å². The quantitative estimate of drug-likeness (QED) is 0.617. The first kappa shape index (κ1) is 13.1. The molecule has 1 saturated heterocycles. The van der Waals surface area contributed by atoms with Crippen molar-refractivity contribution < 1.29 is 9.53 Å². The van der Waals surface area contributed by atoms with Gasteiger partial charge in [0.15, 0.2) is 0 Å². The minimum Gasteiger partial charge on any atom is -0.465 e. The van der Waals surface area contributed by atoms with Crippen LogP contribution in [-0.2, 0) is 16.0 Å². The monoisotopic (exact) mass is 247 g/mol. The molecular weight excluding hydrogens is 226 g/mol. The molecule has 0 aromatic heterocycles. The number of hydrogen-bond donors (Lipinski definition) is 1. The van der Waals surface area contributed by atoms with Crippen LogP contribution in [0.4, 0.5) is 0 Å². The third-order valence-electron chi connectivity index (χ3n) is 3.59. The van der Waals surface area contributed by atoms with Crippen LogP contribution in [0.2, 0.25) is 0 Å². The number of benzene rings is 1. The van der Waals surface area contributed by atoms with E-state index in [1.54, 1.807) is 0 Å². The molecule has 1 aliphatic rings. The number of nitrogens with one attached hydrogen (secondary N) is 1. The molecule has 0 bridgehead atoms. The van der Waals surface area contributed by atoms with Crippen LogP contribution < -0.4 is 5.32 Å². The van der Waals surface area contributed by atoms with Crippen LogP contribution in [-0.4, -0.2) is 25.7 Å². The van der Waals surface area contributed by atoms with Gasteiger partial charge in [0.25, 0.3) is 0 Å². The van der Waals surface area contributed by atoms with E-state index in [4.69, 9.17) is 4.74 Å². The maximum absolute atomic E-state index is 11.7. The normalized spacial score (nSPS) is 16.9. The topological polar surface area (TPSA) is 38.3 Å². The Balaban J connectivity index is 1.61. The molecule has 98 valence electrons. The number of carbonyl (C=O) groups is 1. The summed E-state index contributed by atoms with van der Waals surface area (Å²) >= 11 is 0. The predicted molar refractivity (Wildman–Crippen MR) is 71.2 cm³/mol. The molecule has 0 amide bonds. The lowest BCUT2D eigenvalue weighted by atomic mass is 9.89. The SMILES string of the molecule is CC(C(=O)OCCCc1ccccc1)C1CNC1. The molecule has 3 nitrogen and oxygen atoms in total. The molecule has 0 aliphatic carbocycles. The summed E-state index contributed by atoms with van der Waals surface area (Å²) in [5, 5.41) is 3.18. The Kier molecular flexibility index (Phi) is 4.76. The van der Waals surface area contributed by atoms with Gasteiger partial charge in [0.1, 0.15) is 0 Å². The predicted octanol–water partition coefficient (Wildman–Crippen LogP) is 2.02. The minimum atomic E-state index is -0.0467. The summed E-state index contributed by atoms with van der Waals surface area (Å²) < 4.78 is 5.32. The molecule has 2 rings (SSSR count). The molecule has 3 heteroatoms. The Hall–Kier alpha value is -1.35. The van der Waals surface area contributed by atoms with E-state index in [0.717, 1.165) is 25.9 Å². The lowest BCUT2D eigenvalue weighted by Crippen LogP contribution is -2.47. The first-order valence-electron chi connectivity index (χ1n) is 6.68. The smallest absolute Gasteiger partial charge is 0.309 e. The summed E-state index contributed by atoms with van der Waals surface area (Å²) in [4.78, 5) is 11.7. The summed E-state index contributed by atoms with van der Waals surface area (Å²) in [7, 11) is 0. The molecule has 1 aromatic rings. The van der Waals surface area contributed by atoms with Gasteiger partial charge in [-0.25, -0.2) is 0 Å². The number of esters is 1. The third-order valence-corrected chi connectivity index (χ3v) is 3.59. The summed E-state index contributed by atoms with van der Waals surface area (Å²) in [5.74, 6) is 0.448. The average Bonchev–Trinajstić information content (AvgIpc) is 2.33. The lowest BCUT2D eigenvalue weighted by Gasteiger charge is -2.31. The second-order valence-corrected chi connectivity index (χ2v) is 4.96. The van der Waals surface area contributed by atoms with E-state index < -0.39 is 0 Å². The number of aryl methyl sites for hydroxylation is 1. The molecular formula is C15H21NO2. The van der Waals surface area contributed by atoms with Gasteiger partial charge in [0.05, 0.1) is 12.5 Å². The molecule has 0 radical (unpaired) electrons. The molecule has 1 N–H and O–H groups in total. The fourth-order valence-corrected chi connectivity index (χ4v) is 2.08. The molecule has 0 saturated carbocycles. The van der Waals surface area contributed by atoms with Crippen LogP contribution in [0.3, 0.4) is 0 Å². The van der Waals surface area contributed by atoms with Crippen molar-refractivity contribution in [3.05, 3.63) is 35.9 Å². The highest BCUT2D eigenvalue weighted by Gasteiger charge is 2.29. The molecule has 1 atom stereocenters. The van der Waals surface area contributed by atoms with Gasteiger partial charge in [-0.2, -0.15) is 0 Å². The second-order valence-electron chi connectivity index (χ2n) is 4.96. The highest BCUT2D eigenvalue weighted by molar-refractivity contribution is 5.72. The lowest BCUT2D eigenvalue weighted by molar-refractivity contribution is -0.150. The van der Waals surface area contributed by atoms with Crippen molar-refractivity contribution >= 4 is 5.97 Å². The van der Waals surface area contributed by atoms with E-state index in [1.165, 1.54) is 5.56 Å². The van der Waals surface area contributed by atoms with Gasteiger partial charge in [-0.1, -0.05) is 37.3 Å². The molecule has 1 heterocycles. The number of rotatable bonds is 6. The van der Waals surface area contributed by atoms with E-state index >= 15 is 0 Å². The Morgan fingerprint density at radius 1 is 1.39 bits per heavy atom. The van der Waals surface area contributed by atoms with Gasteiger partial charge in [-0.15, -0.1) is 0 Å². The van der Waals surface area contributed by atoms with Gasteiger partial charge >= 0.3 is 5.97 Å².